The highest BCUT2D eigenvalue weighted by Gasteiger charge is 2.41. The minimum absolute atomic E-state index is 0.0197. The molecule has 2 fully saturated rings. The molecule has 0 radical (unpaired) electrons. The zero-order valence-electron chi connectivity index (χ0n) is 12.2. The van der Waals surface area contributed by atoms with Crippen LogP contribution in [0.4, 0.5) is 5.69 Å². The van der Waals surface area contributed by atoms with Crippen LogP contribution in [-0.4, -0.2) is 34.4 Å². The molecule has 1 heterocycles. The third-order valence-corrected chi connectivity index (χ3v) is 5.00. The molecule has 2 bridgehead atoms. The van der Waals surface area contributed by atoms with Gasteiger partial charge in [-0.05, 0) is 44.2 Å². The van der Waals surface area contributed by atoms with E-state index in [1.165, 1.54) is 19.3 Å². The highest BCUT2D eigenvalue weighted by molar-refractivity contribution is 7.80. The second-order valence-electron chi connectivity index (χ2n) is 6.10. The molecule has 1 aromatic rings. The fourth-order valence-electron chi connectivity index (χ4n) is 3.63. The van der Waals surface area contributed by atoms with E-state index in [9.17, 15) is 4.79 Å². The molecular weight excluding hydrogens is 282 g/mol. The van der Waals surface area contributed by atoms with Crippen LogP contribution in [0.15, 0.2) is 24.3 Å². The number of rotatable bonds is 4. The molecule has 1 aliphatic heterocycles. The number of nitrogens with one attached hydrogen (secondary N) is 1. The van der Waals surface area contributed by atoms with Crippen molar-refractivity contribution in [2.24, 2.45) is 11.7 Å². The molecule has 1 amide bonds. The van der Waals surface area contributed by atoms with Crippen LogP contribution < -0.4 is 11.1 Å². The number of hydrogen-bond acceptors (Lipinski definition) is 3. The molecule has 3 atom stereocenters. The summed E-state index contributed by atoms with van der Waals surface area (Å²) in [7, 11) is 0. The van der Waals surface area contributed by atoms with Gasteiger partial charge in [0.05, 0.1) is 11.7 Å². The molecule has 1 aromatic carbocycles. The number of nitrogens with zero attached hydrogens (tertiary/aromatic N) is 1. The Bertz CT molecular complexity index is 574. The number of amides is 1. The highest BCUT2D eigenvalue weighted by Crippen LogP contribution is 2.38. The van der Waals surface area contributed by atoms with Crippen molar-refractivity contribution in [1.82, 2.24) is 4.90 Å². The number of hydrogen-bond donors (Lipinski definition) is 2. The number of fused-ring (bicyclic) bond motifs is 2. The third-order valence-electron chi connectivity index (χ3n) is 4.78. The van der Waals surface area contributed by atoms with Gasteiger partial charge in [-0.1, -0.05) is 24.4 Å². The van der Waals surface area contributed by atoms with Crippen molar-refractivity contribution in [3.63, 3.8) is 0 Å². The van der Waals surface area contributed by atoms with Crippen molar-refractivity contribution in [1.29, 1.82) is 0 Å². The first kappa shape index (κ1) is 14.5. The summed E-state index contributed by atoms with van der Waals surface area (Å²) < 4.78 is 0. The molecule has 5 heteroatoms. The van der Waals surface area contributed by atoms with Crippen LogP contribution in [0.3, 0.4) is 0 Å². The van der Waals surface area contributed by atoms with E-state index >= 15 is 0 Å². The van der Waals surface area contributed by atoms with E-state index in [0.717, 1.165) is 18.0 Å². The van der Waals surface area contributed by atoms with Crippen molar-refractivity contribution in [2.45, 2.75) is 38.3 Å². The fourth-order valence-corrected chi connectivity index (χ4v) is 3.81. The van der Waals surface area contributed by atoms with Crippen LogP contribution in [-0.2, 0) is 4.79 Å². The first-order valence-corrected chi connectivity index (χ1v) is 7.92. The first-order chi connectivity index (χ1) is 10.1. The van der Waals surface area contributed by atoms with Crippen molar-refractivity contribution in [3.05, 3.63) is 29.8 Å². The van der Waals surface area contributed by atoms with Crippen LogP contribution in [0.1, 0.15) is 31.7 Å². The van der Waals surface area contributed by atoms with Gasteiger partial charge in [0, 0.05) is 18.2 Å². The lowest BCUT2D eigenvalue weighted by molar-refractivity contribution is -0.121. The Labute approximate surface area is 130 Å². The number of piperidine rings is 1. The molecule has 112 valence electrons. The molecule has 3 N–H and O–H groups in total. The van der Waals surface area contributed by atoms with Gasteiger partial charge in [0.25, 0.3) is 0 Å². The largest absolute Gasteiger partial charge is 0.389 e. The van der Waals surface area contributed by atoms with Crippen LogP contribution in [0.5, 0.6) is 0 Å². The van der Waals surface area contributed by atoms with Crippen LogP contribution in [0.2, 0.25) is 0 Å². The Morgan fingerprint density at radius 3 is 2.81 bits per heavy atom. The van der Waals surface area contributed by atoms with E-state index < -0.39 is 0 Å². The lowest BCUT2D eigenvalue weighted by Gasteiger charge is -2.31. The number of carbonyl (C=O) groups excluding carboxylic acids is 1. The van der Waals surface area contributed by atoms with Gasteiger partial charge in [-0.25, -0.2) is 0 Å². The Balaban J connectivity index is 1.70. The molecule has 0 aromatic heterocycles. The summed E-state index contributed by atoms with van der Waals surface area (Å²) in [5, 5.41) is 2.98. The lowest BCUT2D eigenvalue weighted by atomic mass is 10.1. The second-order valence-corrected chi connectivity index (χ2v) is 6.54. The maximum Gasteiger partial charge on any atom is 0.241 e. The van der Waals surface area contributed by atoms with Crippen molar-refractivity contribution in [3.8, 4) is 0 Å². The standard InChI is InChI=1S/C16H21N3OS/c1-10(19-9-11-6-7-12(19)8-11)16(20)18-14-5-3-2-4-13(14)15(17)21/h2-5,10-12H,6-9H2,1H3,(H2,17,21)(H,18,20). The van der Waals surface area contributed by atoms with E-state index in [1.807, 2.05) is 31.2 Å². The zero-order valence-corrected chi connectivity index (χ0v) is 13.0. The highest BCUT2D eigenvalue weighted by atomic mass is 32.1. The summed E-state index contributed by atoms with van der Waals surface area (Å²) in [6.45, 7) is 3.04. The van der Waals surface area contributed by atoms with Gasteiger partial charge in [0.15, 0.2) is 0 Å². The summed E-state index contributed by atoms with van der Waals surface area (Å²) in [5.41, 5.74) is 7.13. The minimum atomic E-state index is -0.111. The van der Waals surface area contributed by atoms with E-state index in [0.29, 0.717) is 16.7 Å². The summed E-state index contributed by atoms with van der Waals surface area (Å²) in [5.74, 6) is 0.806. The number of para-hydroxylation sites is 1. The van der Waals surface area contributed by atoms with Crippen molar-refractivity contribution < 1.29 is 4.79 Å². The van der Waals surface area contributed by atoms with E-state index in [-0.39, 0.29) is 11.9 Å². The van der Waals surface area contributed by atoms with Gasteiger partial charge >= 0.3 is 0 Å². The maximum atomic E-state index is 12.5. The quantitative estimate of drug-likeness (QED) is 0.837. The fraction of sp³-hybridized carbons (Fsp3) is 0.500. The Morgan fingerprint density at radius 2 is 2.19 bits per heavy atom. The molecule has 4 nitrogen and oxygen atoms in total. The number of anilines is 1. The average molecular weight is 303 g/mol. The van der Waals surface area contributed by atoms with Crippen molar-refractivity contribution >= 4 is 28.8 Å². The number of carbonyl (C=O) groups is 1. The third kappa shape index (κ3) is 2.80. The molecule has 0 spiro atoms. The van der Waals surface area contributed by atoms with Gasteiger partial charge in [-0.3, -0.25) is 9.69 Å². The van der Waals surface area contributed by atoms with Gasteiger partial charge < -0.3 is 11.1 Å². The molecule has 2 aliphatic rings. The van der Waals surface area contributed by atoms with E-state index in [1.54, 1.807) is 0 Å². The van der Waals surface area contributed by atoms with Crippen LogP contribution in [0.25, 0.3) is 0 Å². The second kappa shape index (κ2) is 5.73. The topological polar surface area (TPSA) is 58.4 Å². The Hall–Kier alpha value is -1.46. The van der Waals surface area contributed by atoms with Gasteiger partial charge in [-0.15, -0.1) is 0 Å². The van der Waals surface area contributed by atoms with Crippen LogP contribution in [0, 0.1) is 5.92 Å². The Morgan fingerprint density at radius 1 is 1.43 bits per heavy atom. The molecular formula is C16H21N3OS. The van der Waals surface area contributed by atoms with Gasteiger partial charge in [0.2, 0.25) is 5.91 Å². The normalized spacial score (nSPS) is 25.8. The predicted molar refractivity (Wildman–Crippen MR) is 88.3 cm³/mol. The summed E-state index contributed by atoms with van der Waals surface area (Å²) in [6, 6.07) is 7.89. The minimum Gasteiger partial charge on any atom is -0.389 e. The van der Waals surface area contributed by atoms with Crippen molar-refractivity contribution in [2.75, 3.05) is 11.9 Å². The molecule has 3 rings (SSSR count). The first-order valence-electron chi connectivity index (χ1n) is 7.51. The predicted octanol–water partition coefficient (Wildman–Crippen LogP) is 2.13. The SMILES string of the molecule is CC(C(=O)Nc1ccccc1C(N)=S)N1CC2CCC1C2. The number of nitrogens with two attached hydrogens (primary N) is 1. The van der Waals surface area contributed by atoms with E-state index in [4.69, 9.17) is 18.0 Å². The summed E-state index contributed by atoms with van der Waals surface area (Å²) in [4.78, 5) is 15.2. The molecule has 3 unspecified atom stereocenters. The van der Waals surface area contributed by atoms with Gasteiger partial charge in [-0.2, -0.15) is 0 Å². The smallest absolute Gasteiger partial charge is 0.241 e. The summed E-state index contributed by atoms with van der Waals surface area (Å²) in [6.07, 6.45) is 3.80. The molecule has 1 saturated heterocycles. The van der Waals surface area contributed by atoms with Crippen LogP contribution >= 0.6 is 12.2 Å². The molecule has 1 saturated carbocycles. The summed E-state index contributed by atoms with van der Waals surface area (Å²) >= 11 is 5.03. The monoisotopic (exact) mass is 303 g/mol. The number of benzene rings is 1. The molecule has 1 aliphatic carbocycles. The number of likely N-dealkylation sites (tertiary alicyclic amines) is 1. The Kier molecular flexibility index (Phi) is 3.95. The lowest BCUT2D eigenvalue weighted by Crippen LogP contribution is -2.46. The maximum absolute atomic E-state index is 12.5. The average Bonchev–Trinajstić information content (AvgIpc) is 3.09. The zero-order chi connectivity index (χ0) is 15.0. The van der Waals surface area contributed by atoms with E-state index in [2.05, 4.69) is 10.2 Å². The number of thiocarbonyl (C=S) groups is 1. The molecule has 21 heavy (non-hydrogen) atoms. The van der Waals surface area contributed by atoms with Gasteiger partial charge in [0.1, 0.15) is 4.99 Å².